The zero-order chi connectivity index (χ0) is 19.4. The van der Waals surface area contributed by atoms with Gasteiger partial charge in [0.1, 0.15) is 0 Å². The molecule has 4 nitrogen and oxygen atoms in total. The first-order chi connectivity index (χ1) is 12.9. The van der Waals surface area contributed by atoms with Crippen molar-refractivity contribution < 1.29 is 9.69 Å². The first kappa shape index (κ1) is 19.7. The lowest BCUT2D eigenvalue weighted by molar-refractivity contribution is -0.858. The summed E-state index contributed by atoms with van der Waals surface area (Å²) in [5.41, 5.74) is 3.39. The van der Waals surface area contributed by atoms with Crippen molar-refractivity contribution in [1.82, 2.24) is 4.98 Å². The molecule has 3 aromatic rings. The molecule has 0 saturated carbocycles. The minimum Gasteiger partial charge on any atom is -0.340 e. The number of fused-ring (bicyclic) bond motifs is 1. The number of rotatable bonds is 7. The molecule has 2 aromatic heterocycles. The fraction of sp³-hybridized carbons (Fsp3) is 0.333. The van der Waals surface area contributed by atoms with Gasteiger partial charge in [-0.2, -0.15) is 0 Å². The van der Waals surface area contributed by atoms with Crippen LogP contribution in [0.25, 0.3) is 16.3 Å². The van der Waals surface area contributed by atoms with Crippen molar-refractivity contribution in [2.45, 2.75) is 20.3 Å². The first-order valence-electron chi connectivity index (χ1n) is 9.14. The third-order valence-corrected chi connectivity index (χ3v) is 6.36. The minimum atomic E-state index is -0.00872. The molecule has 0 unspecified atom stereocenters. The predicted octanol–water partition coefficient (Wildman–Crippen LogP) is 3.56. The summed E-state index contributed by atoms with van der Waals surface area (Å²) in [5.74, 6) is -0.00872. The Morgan fingerprint density at radius 2 is 2.11 bits per heavy atom. The van der Waals surface area contributed by atoms with Crippen LogP contribution in [0.4, 0.5) is 5.13 Å². The number of carbonyl (C=O) groups is 1. The van der Waals surface area contributed by atoms with Crippen molar-refractivity contribution in [2.75, 3.05) is 32.1 Å². The maximum Gasteiger partial charge on any atom is 0.252 e. The van der Waals surface area contributed by atoms with Gasteiger partial charge >= 0.3 is 0 Å². The molecule has 0 aliphatic rings. The third kappa shape index (κ3) is 5.03. The lowest BCUT2D eigenvalue weighted by Crippen LogP contribution is -3.05. The summed E-state index contributed by atoms with van der Waals surface area (Å²) in [6.07, 6.45) is 4.49. The van der Waals surface area contributed by atoms with Crippen LogP contribution in [0, 0.1) is 13.8 Å². The van der Waals surface area contributed by atoms with E-state index >= 15 is 0 Å². The Labute approximate surface area is 168 Å². The summed E-state index contributed by atoms with van der Waals surface area (Å²) < 4.78 is 1.16. The summed E-state index contributed by atoms with van der Waals surface area (Å²) >= 11 is 3.23. The molecular formula is C21H26N3OS2+. The van der Waals surface area contributed by atoms with Crippen molar-refractivity contribution in [3.05, 3.63) is 51.7 Å². The van der Waals surface area contributed by atoms with Gasteiger partial charge in [-0.3, -0.25) is 9.69 Å². The number of hydrogen-bond acceptors (Lipinski definition) is 4. The fourth-order valence-corrected chi connectivity index (χ4v) is 4.67. The van der Waals surface area contributed by atoms with E-state index in [4.69, 9.17) is 4.98 Å². The topological polar surface area (TPSA) is 37.6 Å². The van der Waals surface area contributed by atoms with Gasteiger partial charge < -0.3 is 4.90 Å². The maximum atomic E-state index is 12.9. The number of hydrogen-bond donors (Lipinski definition) is 1. The number of benzene rings is 1. The van der Waals surface area contributed by atoms with Crippen LogP contribution in [0.15, 0.2) is 35.7 Å². The Balaban J connectivity index is 1.88. The molecule has 6 heteroatoms. The van der Waals surface area contributed by atoms with E-state index in [1.165, 1.54) is 16.0 Å². The second kappa shape index (κ2) is 8.78. The monoisotopic (exact) mass is 400 g/mol. The molecule has 0 spiro atoms. The third-order valence-electron chi connectivity index (χ3n) is 4.30. The number of amides is 1. The van der Waals surface area contributed by atoms with Gasteiger partial charge in [0.15, 0.2) is 5.13 Å². The second-order valence-electron chi connectivity index (χ2n) is 7.08. The predicted molar refractivity (Wildman–Crippen MR) is 117 cm³/mol. The van der Waals surface area contributed by atoms with E-state index in [9.17, 15) is 4.79 Å². The van der Waals surface area contributed by atoms with Gasteiger partial charge in [0, 0.05) is 23.9 Å². The Morgan fingerprint density at radius 3 is 2.81 bits per heavy atom. The Hall–Kier alpha value is -2.02. The lowest BCUT2D eigenvalue weighted by atomic mass is 10.1. The number of quaternary nitrogens is 1. The number of aromatic nitrogens is 1. The first-order valence-corrected chi connectivity index (χ1v) is 10.8. The highest BCUT2D eigenvalue weighted by Gasteiger charge is 2.19. The van der Waals surface area contributed by atoms with Crippen LogP contribution < -0.4 is 9.80 Å². The van der Waals surface area contributed by atoms with Crippen LogP contribution in [0.3, 0.4) is 0 Å². The highest BCUT2D eigenvalue weighted by atomic mass is 32.1. The van der Waals surface area contributed by atoms with Crippen LogP contribution in [-0.2, 0) is 4.79 Å². The van der Waals surface area contributed by atoms with Crippen LogP contribution in [0.1, 0.15) is 22.4 Å². The van der Waals surface area contributed by atoms with Crippen LogP contribution in [0.5, 0.6) is 0 Å². The van der Waals surface area contributed by atoms with Crippen molar-refractivity contribution >= 4 is 50.0 Å². The number of carbonyl (C=O) groups excluding carboxylic acids is 1. The van der Waals surface area contributed by atoms with Crippen LogP contribution in [-0.4, -0.2) is 38.1 Å². The Morgan fingerprint density at radius 1 is 1.30 bits per heavy atom. The molecule has 0 fully saturated rings. The van der Waals surface area contributed by atoms with Gasteiger partial charge in [0.2, 0.25) is 0 Å². The van der Waals surface area contributed by atoms with Gasteiger partial charge in [-0.05, 0) is 48.6 Å². The van der Waals surface area contributed by atoms with E-state index < -0.39 is 0 Å². The number of nitrogens with one attached hydrogen (secondary N) is 1. The molecule has 2 heterocycles. The van der Waals surface area contributed by atoms with Gasteiger partial charge in [-0.15, -0.1) is 11.3 Å². The molecule has 1 aromatic carbocycles. The van der Waals surface area contributed by atoms with Gasteiger partial charge in [0.25, 0.3) is 5.91 Å². The fourth-order valence-electron chi connectivity index (χ4n) is 3.00. The summed E-state index contributed by atoms with van der Waals surface area (Å²) in [6.45, 7) is 5.88. The number of thiophene rings is 1. The summed E-state index contributed by atoms with van der Waals surface area (Å²) in [7, 11) is 4.26. The van der Waals surface area contributed by atoms with Crippen LogP contribution >= 0.6 is 22.7 Å². The van der Waals surface area contributed by atoms with Gasteiger partial charge in [-0.25, -0.2) is 4.98 Å². The number of aryl methyl sites for hydroxylation is 2. The van der Waals surface area contributed by atoms with Gasteiger partial charge in [0.05, 0.1) is 30.9 Å². The summed E-state index contributed by atoms with van der Waals surface area (Å²) in [5, 5.41) is 2.80. The van der Waals surface area contributed by atoms with E-state index in [1.54, 1.807) is 28.7 Å². The average Bonchev–Trinajstić information content (AvgIpc) is 3.25. The molecule has 27 heavy (non-hydrogen) atoms. The normalized spacial score (nSPS) is 11.7. The van der Waals surface area contributed by atoms with E-state index in [1.807, 2.05) is 28.5 Å². The highest BCUT2D eigenvalue weighted by molar-refractivity contribution is 7.22. The number of anilines is 1. The molecule has 1 amide bonds. The second-order valence-corrected chi connectivity index (χ2v) is 9.03. The Bertz CT molecular complexity index is 942. The molecule has 0 aliphatic heterocycles. The van der Waals surface area contributed by atoms with Gasteiger partial charge in [-0.1, -0.05) is 23.5 Å². The van der Waals surface area contributed by atoms with E-state index in [-0.39, 0.29) is 5.91 Å². The molecule has 1 N–H and O–H groups in total. The minimum absolute atomic E-state index is 0.00872. The number of thiazole rings is 1. The van der Waals surface area contributed by atoms with E-state index in [0.717, 1.165) is 33.2 Å². The van der Waals surface area contributed by atoms with Crippen molar-refractivity contribution in [3.8, 4) is 0 Å². The van der Waals surface area contributed by atoms with E-state index in [2.05, 4.69) is 40.1 Å². The largest absolute Gasteiger partial charge is 0.340 e. The molecule has 0 bridgehead atoms. The SMILES string of the molecule is Cc1cc(C)c2sc(N(CCC[NH+](C)C)C(=O)/C=C/c3cccs3)nc2c1. The molecule has 0 saturated heterocycles. The number of nitrogens with zero attached hydrogens (tertiary/aromatic N) is 2. The smallest absolute Gasteiger partial charge is 0.252 e. The van der Waals surface area contributed by atoms with Crippen molar-refractivity contribution in [2.24, 2.45) is 0 Å². The zero-order valence-electron chi connectivity index (χ0n) is 16.3. The standard InChI is InChI=1S/C21H25N3OS2/c1-15-13-16(2)20-18(14-15)22-21(27-20)24(11-6-10-23(3)4)19(25)9-8-17-7-5-12-26-17/h5,7-9,12-14H,6,10-11H2,1-4H3/p+1/b9-8+. The molecule has 0 radical (unpaired) electrons. The summed E-state index contributed by atoms with van der Waals surface area (Å²) in [4.78, 5) is 22.0. The Kier molecular flexibility index (Phi) is 6.42. The highest BCUT2D eigenvalue weighted by Crippen LogP contribution is 2.32. The maximum absolute atomic E-state index is 12.9. The van der Waals surface area contributed by atoms with Crippen LogP contribution in [0.2, 0.25) is 0 Å². The van der Waals surface area contributed by atoms with Crippen molar-refractivity contribution in [1.29, 1.82) is 0 Å². The molecule has 3 rings (SSSR count). The lowest BCUT2D eigenvalue weighted by Gasteiger charge is -2.18. The van der Waals surface area contributed by atoms with Crippen molar-refractivity contribution in [3.63, 3.8) is 0 Å². The molecule has 0 atom stereocenters. The zero-order valence-corrected chi connectivity index (χ0v) is 17.9. The molecule has 0 aliphatic carbocycles. The summed E-state index contributed by atoms with van der Waals surface area (Å²) in [6, 6.07) is 8.27. The van der Waals surface area contributed by atoms with E-state index in [0.29, 0.717) is 6.54 Å². The molecular weight excluding hydrogens is 374 g/mol. The average molecular weight is 401 g/mol. The quantitative estimate of drug-likeness (QED) is 0.616. The molecule has 142 valence electrons.